The van der Waals surface area contributed by atoms with Gasteiger partial charge >= 0.3 is 6.09 Å². The molecule has 1 aromatic heterocycles. The number of nitrogens with zero attached hydrogens (tertiary/aromatic N) is 3. The van der Waals surface area contributed by atoms with Crippen molar-refractivity contribution < 1.29 is 14.6 Å². The molecular formula is C14H23N3O3. The highest BCUT2D eigenvalue weighted by molar-refractivity contribution is 5.68. The quantitative estimate of drug-likeness (QED) is 0.849. The van der Waals surface area contributed by atoms with Gasteiger partial charge in [0, 0.05) is 26.3 Å². The average molecular weight is 281 g/mol. The van der Waals surface area contributed by atoms with E-state index >= 15 is 0 Å². The van der Waals surface area contributed by atoms with Gasteiger partial charge in [-0.3, -0.25) is 4.68 Å². The monoisotopic (exact) mass is 281 g/mol. The summed E-state index contributed by atoms with van der Waals surface area (Å²) in [4.78, 5) is 13.6. The molecule has 0 spiro atoms. The van der Waals surface area contributed by atoms with Crippen LogP contribution in [0.1, 0.15) is 39.3 Å². The number of carbonyl (C=O) groups excluding carboxylic acids is 1. The molecular weight excluding hydrogens is 258 g/mol. The number of likely N-dealkylation sites (tertiary alicyclic amines) is 1. The molecule has 20 heavy (non-hydrogen) atoms. The van der Waals surface area contributed by atoms with Gasteiger partial charge in [0.2, 0.25) is 0 Å². The van der Waals surface area contributed by atoms with Gasteiger partial charge in [-0.15, -0.1) is 0 Å². The van der Waals surface area contributed by atoms with Crippen LogP contribution in [-0.4, -0.2) is 44.6 Å². The molecule has 1 aliphatic heterocycles. The molecule has 112 valence electrons. The fourth-order valence-corrected chi connectivity index (χ4v) is 2.47. The van der Waals surface area contributed by atoms with E-state index in [9.17, 15) is 9.90 Å². The molecule has 1 aromatic rings. The van der Waals surface area contributed by atoms with Crippen LogP contribution < -0.4 is 0 Å². The topological polar surface area (TPSA) is 67.6 Å². The standard InChI is InChI=1S/C14H23N3O3/c1-13(2,3)20-12(18)17-9-6-14(19,7-10-17)11-5-8-15-16(11)4/h5,8,19H,6-7,9-10H2,1-4H3. The van der Waals surface area contributed by atoms with Gasteiger partial charge in [0.15, 0.2) is 0 Å². The van der Waals surface area contributed by atoms with E-state index in [-0.39, 0.29) is 6.09 Å². The minimum Gasteiger partial charge on any atom is -0.444 e. The Morgan fingerprint density at radius 3 is 2.45 bits per heavy atom. The Balaban J connectivity index is 1.99. The van der Waals surface area contributed by atoms with Crippen LogP contribution in [0.25, 0.3) is 0 Å². The van der Waals surface area contributed by atoms with Crippen LogP contribution >= 0.6 is 0 Å². The predicted octanol–water partition coefficient (Wildman–Crippen LogP) is 1.64. The molecule has 0 saturated carbocycles. The second-order valence-corrected chi connectivity index (χ2v) is 6.34. The Bertz CT molecular complexity index is 482. The minimum absolute atomic E-state index is 0.315. The van der Waals surface area contributed by atoms with Crippen LogP contribution in [0.3, 0.4) is 0 Å². The number of rotatable bonds is 1. The lowest BCUT2D eigenvalue weighted by Crippen LogP contribution is -2.47. The summed E-state index contributed by atoms with van der Waals surface area (Å²) in [5.74, 6) is 0. The van der Waals surface area contributed by atoms with Gasteiger partial charge in [0.1, 0.15) is 11.2 Å². The predicted molar refractivity (Wildman–Crippen MR) is 74.1 cm³/mol. The molecule has 1 fully saturated rings. The molecule has 6 heteroatoms. The molecule has 0 aromatic carbocycles. The Kier molecular flexibility index (Phi) is 3.77. The third kappa shape index (κ3) is 3.12. The number of piperidine rings is 1. The highest BCUT2D eigenvalue weighted by Gasteiger charge is 2.38. The van der Waals surface area contributed by atoms with E-state index in [2.05, 4.69) is 5.10 Å². The highest BCUT2D eigenvalue weighted by Crippen LogP contribution is 2.32. The molecule has 1 N–H and O–H groups in total. The van der Waals surface area contributed by atoms with E-state index in [0.717, 1.165) is 5.69 Å². The first-order valence-electron chi connectivity index (χ1n) is 6.90. The van der Waals surface area contributed by atoms with Crippen LogP contribution in [0.4, 0.5) is 4.79 Å². The summed E-state index contributed by atoms with van der Waals surface area (Å²) >= 11 is 0. The van der Waals surface area contributed by atoms with Gasteiger partial charge in [-0.1, -0.05) is 0 Å². The maximum Gasteiger partial charge on any atom is 0.410 e. The first kappa shape index (κ1) is 14.8. The lowest BCUT2D eigenvalue weighted by Gasteiger charge is -2.38. The van der Waals surface area contributed by atoms with Crippen LogP contribution in [0.5, 0.6) is 0 Å². The molecule has 1 amide bonds. The highest BCUT2D eigenvalue weighted by atomic mass is 16.6. The summed E-state index contributed by atoms with van der Waals surface area (Å²) in [7, 11) is 1.81. The van der Waals surface area contributed by atoms with E-state index < -0.39 is 11.2 Å². The lowest BCUT2D eigenvalue weighted by atomic mass is 9.88. The minimum atomic E-state index is -0.913. The summed E-state index contributed by atoms with van der Waals surface area (Å²) in [5.41, 5.74) is -0.613. The van der Waals surface area contributed by atoms with Crippen molar-refractivity contribution in [3.63, 3.8) is 0 Å². The maximum absolute atomic E-state index is 12.0. The largest absolute Gasteiger partial charge is 0.444 e. The van der Waals surface area contributed by atoms with E-state index in [1.807, 2.05) is 33.9 Å². The molecule has 0 aliphatic carbocycles. The van der Waals surface area contributed by atoms with E-state index in [0.29, 0.717) is 25.9 Å². The third-order valence-corrected chi connectivity index (χ3v) is 3.54. The maximum atomic E-state index is 12.0. The normalized spacial score (nSPS) is 18.9. The Labute approximate surface area is 119 Å². The second kappa shape index (κ2) is 5.09. The molecule has 2 heterocycles. The number of hydrogen-bond donors (Lipinski definition) is 1. The van der Waals surface area contributed by atoms with Crippen molar-refractivity contribution >= 4 is 6.09 Å². The van der Waals surface area contributed by atoms with Crippen molar-refractivity contribution in [2.75, 3.05) is 13.1 Å². The van der Waals surface area contributed by atoms with Crippen molar-refractivity contribution in [2.45, 2.75) is 44.8 Å². The van der Waals surface area contributed by atoms with E-state index in [4.69, 9.17) is 4.74 Å². The zero-order valence-corrected chi connectivity index (χ0v) is 12.6. The Morgan fingerprint density at radius 2 is 2.00 bits per heavy atom. The smallest absolute Gasteiger partial charge is 0.410 e. The third-order valence-electron chi connectivity index (χ3n) is 3.54. The molecule has 1 saturated heterocycles. The number of ether oxygens (including phenoxy) is 1. The molecule has 0 bridgehead atoms. The molecule has 0 atom stereocenters. The van der Waals surface area contributed by atoms with Crippen LogP contribution in [0.2, 0.25) is 0 Å². The first-order valence-corrected chi connectivity index (χ1v) is 6.90. The van der Waals surface area contributed by atoms with Gasteiger partial charge in [0.05, 0.1) is 5.69 Å². The summed E-state index contributed by atoms with van der Waals surface area (Å²) < 4.78 is 7.03. The molecule has 0 radical (unpaired) electrons. The number of aromatic nitrogens is 2. The Hall–Kier alpha value is -1.56. The molecule has 0 unspecified atom stereocenters. The number of aliphatic hydroxyl groups is 1. The van der Waals surface area contributed by atoms with Crippen molar-refractivity contribution in [3.05, 3.63) is 18.0 Å². The number of carbonyl (C=O) groups is 1. The molecule has 2 rings (SSSR count). The molecule has 6 nitrogen and oxygen atoms in total. The van der Waals surface area contributed by atoms with E-state index in [1.54, 1.807) is 15.8 Å². The zero-order chi connectivity index (χ0) is 15.0. The molecule has 1 aliphatic rings. The van der Waals surface area contributed by atoms with Crippen molar-refractivity contribution in [1.29, 1.82) is 0 Å². The van der Waals surface area contributed by atoms with Crippen molar-refractivity contribution in [3.8, 4) is 0 Å². The fraction of sp³-hybridized carbons (Fsp3) is 0.714. The van der Waals surface area contributed by atoms with Gasteiger partial charge in [-0.25, -0.2) is 4.79 Å². The van der Waals surface area contributed by atoms with Gasteiger partial charge in [-0.2, -0.15) is 5.10 Å². The lowest BCUT2D eigenvalue weighted by molar-refractivity contribution is -0.0401. The number of amides is 1. The summed E-state index contributed by atoms with van der Waals surface area (Å²) in [6.07, 6.45) is 2.34. The van der Waals surface area contributed by atoms with Crippen LogP contribution in [0, 0.1) is 0 Å². The number of hydrogen-bond acceptors (Lipinski definition) is 4. The van der Waals surface area contributed by atoms with E-state index in [1.165, 1.54) is 0 Å². The SMILES string of the molecule is Cn1nccc1C1(O)CCN(C(=O)OC(C)(C)C)CC1. The van der Waals surface area contributed by atoms with Gasteiger partial charge < -0.3 is 14.7 Å². The second-order valence-electron chi connectivity index (χ2n) is 6.34. The number of aryl methyl sites for hydroxylation is 1. The van der Waals surface area contributed by atoms with Crippen LogP contribution in [-0.2, 0) is 17.4 Å². The summed E-state index contributed by atoms with van der Waals surface area (Å²) in [6, 6.07) is 1.82. The average Bonchev–Trinajstić information content (AvgIpc) is 2.74. The first-order chi connectivity index (χ1) is 9.21. The summed E-state index contributed by atoms with van der Waals surface area (Å²) in [6.45, 7) is 6.51. The zero-order valence-electron chi connectivity index (χ0n) is 12.6. The van der Waals surface area contributed by atoms with Crippen LogP contribution in [0.15, 0.2) is 12.3 Å². The van der Waals surface area contributed by atoms with Gasteiger partial charge in [0.25, 0.3) is 0 Å². The van der Waals surface area contributed by atoms with Crippen molar-refractivity contribution in [1.82, 2.24) is 14.7 Å². The summed E-state index contributed by atoms with van der Waals surface area (Å²) in [5, 5.41) is 14.8. The van der Waals surface area contributed by atoms with Gasteiger partial charge in [-0.05, 0) is 39.7 Å². The Morgan fingerprint density at radius 1 is 1.40 bits per heavy atom. The van der Waals surface area contributed by atoms with Crippen molar-refractivity contribution in [2.24, 2.45) is 7.05 Å². The fourth-order valence-electron chi connectivity index (χ4n) is 2.47.